The Morgan fingerprint density at radius 2 is 1.89 bits per heavy atom. The van der Waals surface area contributed by atoms with Crippen LogP contribution in [0.3, 0.4) is 0 Å². The molecule has 0 saturated heterocycles. The molecular weight excluding hydrogens is 238 g/mol. The Labute approximate surface area is 110 Å². The maximum atomic E-state index is 5.86. The minimum absolute atomic E-state index is 0.545. The van der Waals surface area contributed by atoms with Crippen LogP contribution in [0.1, 0.15) is 11.3 Å². The van der Waals surface area contributed by atoms with Gasteiger partial charge in [-0.2, -0.15) is 0 Å². The zero-order valence-electron chi connectivity index (χ0n) is 10.3. The van der Waals surface area contributed by atoms with Crippen molar-refractivity contribution in [1.82, 2.24) is 20.0 Å². The molecule has 0 bridgehead atoms. The van der Waals surface area contributed by atoms with Crippen LogP contribution in [0.15, 0.2) is 54.9 Å². The van der Waals surface area contributed by atoms with E-state index in [1.807, 2.05) is 47.1 Å². The average molecular weight is 251 g/mol. The van der Waals surface area contributed by atoms with Crippen LogP contribution in [-0.2, 0) is 6.42 Å². The number of aromatic nitrogens is 4. The average Bonchev–Trinajstić information content (AvgIpc) is 2.91. The predicted molar refractivity (Wildman–Crippen MR) is 72.8 cm³/mol. The number of hydrogen-bond acceptors (Lipinski definition) is 4. The third kappa shape index (κ3) is 2.30. The minimum atomic E-state index is 0.545. The van der Waals surface area contributed by atoms with E-state index in [9.17, 15) is 0 Å². The second-order valence-electron chi connectivity index (χ2n) is 4.20. The van der Waals surface area contributed by atoms with E-state index in [0.29, 0.717) is 12.2 Å². The molecular formula is C14H13N5. The van der Waals surface area contributed by atoms with Gasteiger partial charge >= 0.3 is 0 Å². The zero-order chi connectivity index (χ0) is 13.1. The van der Waals surface area contributed by atoms with Gasteiger partial charge in [-0.05, 0) is 18.2 Å². The summed E-state index contributed by atoms with van der Waals surface area (Å²) in [7, 11) is 0. The molecule has 1 aromatic carbocycles. The van der Waals surface area contributed by atoms with Crippen molar-refractivity contribution in [2.45, 2.75) is 6.42 Å². The van der Waals surface area contributed by atoms with E-state index in [1.165, 1.54) is 0 Å². The van der Waals surface area contributed by atoms with E-state index in [0.717, 1.165) is 16.9 Å². The monoisotopic (exact) mass is 251 g/mol. The molecule has 0 atom stereocenters. The van der Waals surface area contributed by atoms with Crippen molar-refractivity contribution in [3.05, 3.63) is 66.1 Å². The summed E-state index contributed by atoms with van der Waals surface area (Å²) in [4.78, 5) is 4.09. The molecule has 3 rings (SSSR count). The van der Waals surface area contributed by atoms with Crippen LogP contribution in [0.5, 0.6) is 0 Å². The lowest BCUT2D eigenvalue weighted by Crippen LogP contribution is -2.05. The van der Waals surface area contributed by atoms with Gasteiger partial charge in [0.2, 0.25) is 0 Å². The molecule has 0 aliphatic rings. The van der Waals surface area contributed by atoms with Crippen LogP contribution in [0.4, 0.5) is 5.82 Å². The lowest BCUT2D eigenvalue weighted by atomic mass is 10.1. The van der Waals surface area contributed by atoms with Gasteiger partial charge in [0.05, 0.1) is 17.6 Å². The molecule has 19 heavy (non-hydrogen) atoms. The number of para-hydroxylation sites is 1. The van der Waals surface area contributed by atoms with Crippen LogP contribution >= 0.6 is 0 Å². The van der Waals surface area contributed by atoms with Gasteiger partial charge in [0, 0.05) is 18.2 Å². The van der Waals surface area contributed by atoms with Crippen molar-refractivity contribution >= 4 is 5.82 Å². The highest BCUT2D eigenvalue weighted by Gasteiger charge is 2.08. The van der Waals surface area contributed by atoms with Crippen LogP contribution in [0.25, 0.3) is 5.69 Å². The minimum Gasteiger partial charge on any atom is -0.383 e. The van der Waals surface area contributed by atoms with E-state index >= 15 is 0 Å². The number of pyridine rings is 1. The van der Waals surface area contributed by atoms with Crippen molar-refractivity contribution in [1.29, 1.82) is 0 Å². The van der Waals surface area contributed by atoms with Gasteiger partial charge < -0.3 is 5.73 Å². The SMILES string of the molecule is Nc1ncccc1Cc1cnnn1-c1ccccc1. The predicted octanol–water partition coefficient (Wildman–Crippen LogP) is 1.84. The van der Waals surface area contributed by atoms with Crippen LogP contribution in [0, 0.1) is 0 Å². The van der Waals surface area contributed by atoms with Gasteiger partial charge in [0.15, 0.2) is 0 Å². The number of nitrogen functional groups attached to an aromatic ring is 1. The van der Waals surface area contributed by atoms with E-state index in [-0.39, 0.29) is 0 Å². The number of rotatable bonds is 3. The second-order valence-corrected chi connectivity index (χ2v) is 4.20. The highest BCUT2D eigenvalue weighted by molar-refractivity contribution is 5.41. The molecule has 0 amide bonds. The van der Waals surface area contributed by atoms with Crippen LogP contribution in [0.2, 0.25) is 0 Å². The van der Waals surface area contributed by atoms with E-state index in [1.54, 1.807) is 12.4 Å². The van der Waals surface area contributed by atoms with Crippen molar-refractivity contribution < 1.29 is 0 Å². The first-order valence-corrected chi connectivity index (χ1v) is 5.99. The van der Waals surface area contributed by atoms with Crippen molar-refractivity contribution in [3.8, 4) is 5.69 Å². The third-order valence-corrected chi connectivity index (χ3v) is 2.92. The van der Waals surface area contributed by atoms with Crippen molar-refractivity contribution in [2.24, 2.45) is 0 Å². The summed E-state index contributed by atoms with van der Waals surface area (Å²) in [5.74, 6) is 0.545. The number of anilines is 1. The molecule has 2 aromatic heterocycles. The number of nitrogens with zero attached hydrogens (tertiary/aromatic N) is 4. The first kappa shape index (κ1) is 11.4. The fraction of sp³-hybridized carbons (Fsp3) is 0.0714. The molecule has 94 valence electrons. The van der Waals surface area contributed by atoms with E-state index in [4.69, 9.17) is 5.73 Å². The summed E-state index contributed by atoms with van der Waals surface area (Å²) in [5, 5.41) is 8.09. The van der Waals surface area contributed by atoms with Gasteiger partial charge in [-0.15, -0.1) is 5.10 Å². The standard InChI is InChI=1S/C14H13N5/c15-14-11(5-4-8-16-14)9-13-10-17-18-19(13)12-6-2-1-3-7-12/h1-8,10H,9H2,(H2,15,16). The van der Waals surface area contributed by atoms with E-state index < -0.39 is 0 Å². The molecule has 3 aromatic rings. The quantitative estimate of drug-likeness (QED) is 0.771. The Bertz CT molecular complexity index is 675. The molecule has 5 heteroatoms. The topological polar surface area (TPSA) is 69.6 Å². The molecule has 0 radical (unpaired) electrons. The van der Waals surface area contributed by atoms with Gasteiger partial charge in [0.1, 0.15) is 5.82 Å². The lowest BCUT2D eigenvalue weighted by Gasteiger charge is -2.07. The van der Waals surface area contributed by atoms with Crippen LogP contribution < -0.4 is 5.73 Å². The molecule has 0 fully saturated rings. The lowest BCUT2D eigenvalue weighted by molar-refractivity contribution is 0.772. The van der Waals surface area contributed by atoms with Crippen molar-refractivity contribution in [3.63, 3.8) is 0 Å². The van der Waals surface area contributed by atoms with Gasteiger partial charge in [-0.3, -0.25) is 0 Å². The smallest absolute Gasteiger partial charge is 0.126 e. The Hall–Kier alpha value is -2.69. The largest absolute Gasteiger partial charge is 0.383 e. The summed E-state index contributed by atoms with van der Waals surface area (Å²) in [6.07, 6.45) is 4.09. The summed E-state index contributed by atoms with van der Waals surface area (Å²) in [6, 6.07) is 13.7. The summed E-state index contributed by atoms with van der Waals surface area (Å²) in [6.45, 7) is 0. The van der Waals surface area contributed by atoms with Gasteiger partial charge in [-0.25, -0.2) is 9.67 Å². The fourth-order valence-corrected chi connectivity index (χ4v) is 1.96. The molecule has 0 spiro atoms. The summed E-state index contributed by atoms with van der Waals surface area (Å²) < 4.78 is 1.81. The highest BCUT2D eigenvalue weighted by Crippen LogP contribution is 2.15. The molecule has 0 saturated carbocycles. The van der Waals surface area contributed by atoms with Gasteiger partial charge in [0.25, 0.3) is 0 Å². The first-order chi connectivity index (χ1) is 9.34. The Kier molecular flexibility index (Phi) is 2.94. The normalized spacial score (nSPS) is 10.5. The number of nitrogens with two attached hydrogens (primary N) is 1. The number of hydrogen-bond donors (Lipinski definition) is 1. The maximum absolute atomic E-state index is 5.86. The molecule has 5 nitrogen and oxygen atoms in total. The first-order valence-electron chi connectivity index (χ1n) is 5.99. The Morgan fingerprint density at radius 3 is 2.68 bits per heavy atom. The fourth-order valence-electron chi connectivity index (χ4n) is 1.96. The van der Waals surface area contributed by atoms with Crippen molar-refractivity contribution in [2.75, 3.05) is 5.73 Å². The summed E-state index contributed by atoms with van der Waals surface area (Å²) >= 11 is 0. The highest BCUT2D eigenvalue weighted by atomic mass is 15.4. The summed E-state index contributed by atoms with van der Waals surface area (Å²) in [5.41, 5.74) is 8.80. The Morgan fingerprint density at radius 1 is 1.05 bits per heavy atom. The molecule has 0 aliphatic carbocycles. The molecule has 0 unspecified atom stereocenters. The molecule has 0 aliphatic heterocycles. The molecule has 2 heterocycles. The molecule has 2 N–H and O–H groups in total. The van der Waals surface area contributed by atoms with E-state index in [2.05, 4.69) is 15.3 Å². The maximum Gasteiger partial charge on any atom is 0.126 e. The Balaban J connectivity index is 1.96. The second kappa shape index (κ2) is 4.89. The van der Waals surface area contributed by atoms with Gasteiger partial charge in [-0.1, -0.05) is 29.5 Å². The zero-order valence-corrected chi connectivity index (χ0v) is 10.3. The van der Waals surface area contributed by atoms with Crippen LogP contribution in [-0.4, -0.2) is 20.0 Å². The third-order valence-electron chi connectivity index (χ3n) is 2.92. The number of benzene rings is 1.